The van der Waals surface area contributed by atoms with Gasteiger partial charge >= 0.3 is 0 Å². The van der Waals surface area contributed by atoms with E-state index in [4.69, 9.17) is 20.8 Å². The highest BCUT2D eigenvalue weighted by Gasteiger charge is 2.23. The van der Waals surface area contributed by atoms with E-state index >= 15 is 0 Å². The maximum Gasteiger partial charge on any atom is 0.229 e. The predicted octanol–water partition coefficient (Wildman–Crippen LogP) is 3.68. The Morgan fingerprint density at radius 2 is 2.11 bits per heavy atom. The molecule has 2 aromatic heterocycles. The van der Waals surface area contributed by atoms with Gasteiger partial charge in [0.15, 0.2) is 11.4 Å². The monoisotopic (exact) mass is 375 g/mol. The first-order chi connectivity index (χ1) is 13.5. The molecule has 0 atom stereocenters. The number of nitrogens with zero attached hydrogens (tertiary/aromatic N) is 4. The number of furan rings is 1. The van der Waals surface area contributed by atoms with Gasteiger partial charge in [-0.3, -0.25) is 0 Å². The average molecular weight is 375 g/mol. The fourth-order valence-corrected chi connectivity index (χ4v) is 3.45. The van der Waals surface area contributed by atoms with Crippen LogP contribution < -0.4 is 16.0 Å². The van der Waals surface area contributed by atoms with Gasteiger partial charge in [0, 0.05) is 47.7 Å². The molecule has 0 amide bonds. The second kappa shape index (κ2) is 7.19. The molecule has 142 valence electrons. The Morgan fingerprint density at radius 1 is 1.32 bits per heavy atom. The van der Waals surface area contributed by atoms with E-state index in [1.165, 1.54) is 0 Å². The van der Waals surface area contributed by atoms with Crippen molar-refractivity contribution in [2.24, 2.45) is 5.92 Å². The maximum absolute atomic E-state index is 9.12. The zero-order valence-corrected chi connectivity index (χ0v) is 15.6. The lowest BCUT2D eigenvalue weighted by atomic mass is 9.99. The Labute approximate surface area is 162 Å². The summed E-state index contributed by atoms with van der Waals surface area (Å²) in [6.07, 6.45) is 3.23. The lowest BCUT2D eigenvalue weighted by Crippen LogP contribution is -2.34. The van der Waals surface area contributed by atoms with E-state index in [0.717, 1.165) is 43.0 Å². The van der Waals surface area contributed by atoms with E-state index < -0.39 is 0 Å². The van der Waals surface area contributed by atoms with Gasteiger partial charge in [-0.25, -0.2) is 4.98 Å². The van der Waals surface area contributed by atoms with Crippen LogP contribution in [0.5, 0.6) is 0 Å². The number of nitrogens with two attached hydrogens (primary N) is 1. The summed E-state index contributed by atoms with van der Waals surface area (Å²) in [5.41, 5.74) is 9.82. The van der Waals surface area contributed by atoms with Crippen molar-refractivity contribution < 1.29 is 4.42 Å². The van der Waals surface area contributed by atoms with Crippen molar-refractivity contribution >= 4 is 40.0 Å². The van der Waals surface area contributed by atoms with Crippen molar-refractivity contribution in [2.75, 3.05) is 29.0 Å². The molecule has 8 heteroatoms. The summed E-state index contributed by atoms with van der Waals surface area (Å²) < 4.78 is 5.62. The predicted molar refractivity (Wildman–Crippen MR) is 109 cm³/mol. The van der Waals surface area contributed by atoms with E-state index in [1.807, 2.05) is 18.2 Å². The minimum absolute atomic E-state index is 0.0987. The molecule has 8 nitrogen and oxygen atoms in total. The number of hydrogen-bond acceptors (Lipinski definition) is 8. The fourth-order valence-electron chi connectivity index (χ4n) is 3.45. The highest BCUT2D eigenvalue weighted by molar-refractivity contribution is 6.01. The summed E-state index contributed by atoms with van der Waals surface area (Å²) in [6, 6.07) is 9.59. The van der Waals surface area contributed by atoms with Crippen molar-refractivity contribution in [3.8, 4) is 6.07 Å². The summed E-state index contributed by atoms with van der Waals surface area (Å²) in [4.78, 5) is 11.3. The van der Waals surface area contributed by atoms with Crippen molar-refractivity contribution in [1.82, 2.24) is 9.97 Å². The molecule has 0 bridgehead atoms. The number of rotatable bonds is 4. The Balaban J connectivity index is 1.65. The van der Waals surface area contributed by atoms with Gasteiger partial charge in [0.2, 0.25) is 5.95 Å². The van der Waals surface area contributed by atoms with Crippen LogP contribution in [0.2, 0.25) is 0 Å². The molecule has 0 spiro atoms. The van der Waals surface area contributed by atoms with Crippen LogP contribution in [0, 0.1) is 22.7 Å². The molecular formula is C20H21N7O. The first kappa shape index (κ1) is 17.8. The summed E-state index contributed by atoms with van der Waals surface area (Å²) >= 11 is 0. The molecule has 0 radical (unpaired) electrons. The van der Waals surface area contributed by atoms with Crippen LogP contribution in [-0.2, 0) is 0 Å². The minimum atomic E-state index is 0.0987. The molecule has 1 fully saturated rings. The van der Waals surface area contributed by atoms with Gasteiger partial charge in [0.05, 0.1) is 12.3 Å². The van der Waals surface area contributed by atoms with Crippen LogP contribution in [0.3, 0.4) is 0 Å². The Kier molecular flexibility index (Phi) is 4.57. The average Bonchev–Trinajstić information content (AvgIpc) is 3.16. The first-order valence-electron chi connectivity index (χ1n) is 9.17. The third-order valence-electron chi connectivity index (χ3n) is 4.97. The largest absolute Gasteiger partial charge is 0.459 e. The zero-order valence-electron chi connectivity index (χ0n) is 15.6. The van der Waals surface area contributed by atoms with E-state index in [1.54, 1.807) is 19.3 Å². The Morgan fingerprint density at radius 3 is 2.79 bits per heavy atom. The smallest absolute Gasteiger partial charge is 0.229 e. The number of benzene rings is 1. The summed E-state index contributed by atoms with van der Waals surface area (Å²) in [5, 5.41) is 20.1. The number of anilines is 4. The minimum Gasteiger partial charge on any atom is -0.459 e. The van der Waals surface area contributed by atoms with Crippen molar-refractivity contribution in [3.63, 3.8) is 0 Å². The number of hydrogen-bond donors (Lipinski definition) is 3. The molecule has 3 aromatic rings. The van der Waals surface area contributed by atoms with Crippen molar-refractivity contribution in [2.45, 2.75) is 19.8 Å². The van der Waals surface area contributed by atoms with Gasteiger partial charge < -0.3 is 25.8 Å². The highest BCUT2D eigenvalue weighted by atomic mass is 16.3. The van der Waals surface area contributed by atoms with Gasteiger partial charge in [-0.05, 0) is 38.0 Å². The van der Waals surface area contributed by atoms with Crippen LogP contribution in [0.15, 0.2) is 34.9 Å². The molecule has 1 aliphatic heterocycles. The molecule has 1 aromatic carbocycles. The Hall–Kier alpha value is -3.60. The molecule has 1 aliphatic rings. The van der Waals surface area contributed by atoms with E-state index in [9.17, 15) is 0 Å². The number of nitriles is 1. The van der Waals surface area contributed by atoms with Crippen molar-refractivity contribution in [3.05, 3.63) is 36.1 Å². The molecular weight excluding hydrogens is 354 g/mol. The van der Waals surface area contributed by atoms with E-state index in [-0.39, 0.29) is 5.92 Å². The molecule has 0 aliphatic carbocycles. The third kappa shape index (κ3) is 3.34. The number of fused-ring (bicyclic) bond motifs is 1. The number of nitrogens with one attached hydrogen (secondary N) is 2. The quantitative estimate of drug-likeness (QED) is 0.469. The fraction of sp³-hybridized carbons (Fsp3) is 0.300. The van der Waals surface area contributed by atoms with Crippen LogP contribution in [0.1, 0.15) is 25.3 Å². The normalized spacial score (nSPS) is 14.8. The van der Waals surface area contributed by atoms with Gasteiger partial charge in [-0.2, -0.15) is 10.2 Å². The van der Waals surface area contributed by atoms with Crippen LogP contribution >= 0.6 is 0 Å². The molecule has 0 unspecified atom stereocenters. The van der Waals surface area contributed by atoms with Gasteiger partial charge in [0.1, 0.15) is 5.52 Å². The SMILES string of the molecule is CC(=N)c1ccc(Nc2nc(N3CCC(C#N)CC3)c3occc3n2)cc1N. The maximum atomic E-state index is 9.12. The van der Waals surface area contributed by atoms with Crippen LogP contribution in [0.25, 0.3) is 11.1 Å². The summed E-state index contributed by atoms with van der Waals surface area (Å²) in [6.45, 7) is 3.21. The van der Waals surface area contributed by atoms with Crippen LogP contribution in [0.4, 0.5) is 23.1 Å². The molecule has 4 N–H and O–H groups in total. The molecule has 1 saturated heterocycles. The topological polar surface area (TPSA) is 128 Å². The van der Waals surface area contributed by atoms with E-state index in [0.29, 0.717) is 28.5 Å². The number of nitrogen functional groups attached to an aromatic ring is 1. The summed E-state index contributed by atoms with van der Waals surface area (Å²) in [5.74, 6) is 1.28. The molecule has 0 saturated carbocycles. The van der Waals surface area contributed by atoms with E-state index in [2.05, 4.69) is 26.3 Å². The van der Waals surface area contributed by atoms with Crippen LogP contribution in [-0.4, -0.2) is 28.8 Å². The standard InChI is InChI=1S/C20H21N7O/c1-12(22)15-3-2-14(10-16(15)23)24-20-25-17-6-9-28-18(17)19(26-20)27-7-4-13(11-21)5-8-27/h2-3,6,9-10,13,22H,4-5,7-8,23H2,1H3,(H,24,25,26). The number of aromatic nitrogens is 2. The van der Waals surface area contributed by atoms with Gasteiger partial charge in [-0.1, -0.05) is 0 Å². The number of piperidine rings is 1. The zero-order chi connectivity index (χ0) is 19.7. The van der Waals surface area contributed by atoms with Gasteiger partial charge in [-0.15, -0.1) is 0 Å². The highest BCUT2D eigenvalue weighted by Crippen LogP contribution is 2.30. The summed E-state index contributed by atoms with van der Waals surface area (Å²) in [7, 11) is 0. The van der Waals surface area contributed by atoms with Gasteiger partial charge in [0.25, 0.3) is 0 Å². The molecule has 4 rings (SSSR count). The van der Waals surface area contributed by atoms with Crippen molar-refractivity contribution in [1.29, 1.82) is 10.7 Å². The lowest BCUT2D eigenvalue weighted by molar-refractivity contribution is 0.483. The second-order valence-corrected chi connectivity index (χ2v) is 6.95. The second-order valence-electron chi connectivity index (χ2n) is 6.95. The first-order valence-corrected chi connectivity index (χ1v) is 9.17. The molecule has 28 heavy (non-hydrogen) atoms. The Bertz CT molecular complexity index is 1070. The third-order valence-corrected chi connectivity index (χ3v) is 4.97. The lowest BCUT2D eigenvalue weighted by Gasteiger charge is -2.30. The molecule has 3 heterocycles.